The molecule has 0 aliphatic carbocycles. The fourth-order valence-corrected chi connectivity index (χ4v) is 2.60. The Hall–Kier alpha value is -0.800. The second-order valence-corrected chi connectivity index (χ2v) is 5.41. The van der Waals surface area contributed by atoms with Crippen LogP contribution in [-0.2, 0) is 6.54 Å². The molecule has 1 N–H and O–H groups in total. The van der Waals surface area contributed by atoms with Crippen LogP contribution < -0.4 is 5.32 Å². The first kappa shape index (κ1) is 13.6. The Morgan fingerprint density at radius 2 is 2.06 bits per heavy atom. The van der Waals surface area contributed by atoms with E-state index in [1.807, 2.05) is 0 Å². The quantitative estimate of drug-likeness (QED) is 0.801. The SMILES string of the molecule is CCCNC(C)c1ccn(CCN2CCCC2)c1. The zero-order valence-electron chi connectivity index (χ0n) is 11.9. The molecular weight excluding hydrogens is 222 g/mol. The van der Waals surface area contributed by atoms with Crippen LogP contribution in [0.1, 0.15) is 44.7 Å². The monoisotopic (exact) mass is 249 g/mol. The smallest absolute Gasteiger partial charge is 0.0347 e. The summed E-state index contributed by atoms with van der Waals surface area (Å²) >= 11 is 0. The number of nitrogens with zero attached hydrogens (tertiary/aromatic N) is 2. The number of nitrogens with one attached hydrogen (secondary N) is 1. The summed E-state index contributed by atoms with van der Waals surface area (Å²) in [6, 6.07) is 2.72. The molecule has 1 aliphatic rings. The lowest BCUT2D eigenvalue weighted by Crippen LogP contribution is -2.23. The summed E-state index contributed by atoms with van der Waals surface area (Å²) in [6.07, 6.45) is 8.47. The van der Waals surface area contributed by atoms with Gasteiger partial charge in [0.1, 0.15) is 0 Å². The van der Waals surface area contributed by atoms with Crippen LogP contribution in [0, 0.1) is 0 Å². The topological polar surface area (TPSA) is 20.2 Å². The van der Waals surface area contributed by atoms with Gasteiger partial charge in [-0.3, -0.25) is 0 Å². The molecule has 1 unspecified atom stereocenters. The standard InChI is InChI=1S/C15H27N3/c1-3-7-16-14(2)15-6-10-18(13-15)12-11-17-8-4-5-9-17/h6,10,13-14,16H,3-5,7-9,11-12H2,1-2H3. The van der Waals surface area contributed by atoms with E-state index in [2.05, 4.69) is 47.1 Å². The number of likely N-dealkylation sites (tertiary alicyclic amines) is 1. The van der Waals surface area contributed by atoms with Crippen molar-refractivity contribution in [2.24, 2.45) is 0 Å². The summed E-state index contributed by atoms with van der Waals surface area (Å²) in [5, 5.41) is 3.54. The molecule has 1 saturated heterocycles. The summed E-state index contributed by atoms with van der Waals surface area (Å²) in [4.78, 5) is 2.57. The summed E-state index contributed by atoms with van der Waals surface area (Å²) in [5.74, 6) is 0. The first-order valence-corrected chi connectivity index (χ1v) is 7.41. The highest BCUT2D eigenvalue weighted by molar-refractivity contribution is 5.14. The summed E-state index contributed by atoms with van der Waals surface area (Å²) in [5.41, 5.74) is 1.41. The maximum atomic E-state index is 3.54. The molecule has 0 aromatic carbocycles. The van der Waals surface area contributed by atoms with Gasteiger partial charge in [-0.25, -0.2) is 0 Å². The third-order valence-corrected chi connectivity index (χ3v) is 3.85. The van der Waals surface area contributed by atoms with Crippen molar-refractivity contribution < 1.29 is 0 Å². The van der Waals surface area contributed by atoms with Crippen LogP contribution in [-0.4, -0.2) is 35.6 Å². The van der Waals surface area contributed by atoms with Crippen LogP contribution in [0.5, 0.6) is 0 Å². The third-order valence-electron chi connectivity index (χ3n) is 3.85. The van der Waals surface area contributed by atoms with Gasteiger partial charge in [-0.15, -0.1) is 0 Å². The fraction of sp³-hybridized carbons (Fsp3) is 0.733. The second kappa shape index (κ2) is 6.95. The molecule has 3 heteroatoms. The third kappa shape index (κ3) is 3.85. The summed E-state index contributed by atoms with van der Waals surface area (Å²) in [7, 11) is 0. The molecule has 1 aliphatic heterocycles. The van der Waals surface area contributed by atoms with E-state index < -0.39 is 0 Å². The molecule has 0 spiro atoms. The van der Waals surface area contributed by atoms with Crippen molar-refractivity contribution in [1.29, 1.82) is 0 Å². The molecule has 2 heterocycles. The van der Waals surface area contributed by atoms with E-state index >= 15 is 0 Å². The van der Waals surface area contributed by atoms with Gasteiger partial charge in [0, 0.05) is 31.5 Å². The van der Waals surface area contributed by atoms with E-state index in [0.29, 0.717) is 6.04 Å². The first-order valence-electron chi connectivity index (χ1n) is 7.41. The zero-order valence-corrected chi connectivity index (χ0v) is 11.9. The van der Waals surface area contributed by atoms with Crippen LogP contribution in [0.15, 0.2) is 18.5 Å². The van der Waals surface area contributed by atoms with Gasteiger partial charge < -0.3 is 14.8 Å². The molecule has 0 radical (unpaired) electrons. The van der Waals surface area contributed by atoms with Gasteiger partial charge in [0.2, 0.25) is 0 Å². The Morgan fingerprint density at radius 1 is 1.28 bits per heavy atom. The van der Waals surface area contributed by atoms with Crippen molar-refractivity contribution in [2.75, 3.05) is 26.2 Å². The Balaban J connectivity index is 1.77. The molecule has 1 aromatic rings. The maximum absolute atomic E-state index is 3.54. The molecule has 1 aromatic heterocycles. The minimum atomic E-state index is 0.470. The number of aromatic nitrogens is 1. The lowest BCUT2D eigenvalue weighted by atomic mass is 10.2. The summed E-state index contributed by atoms with van der Waals surface area (Å²) in [6.45, 7) is 10.5. The Bertz CT molecular complexity index is 339. The molecule has 0 saturated carbocycles. The van der Waals surface area contributed by atoms with Crippen molar-refractivity contribution in [3.63, 3.8) is 0 Å². The molecule has 1 atom stereocenters. The predicted molar refractivity (Wildman–Crippen MR) is 76.8 cm³/mol. The van der Waals surface area contributed by atoms with E-state index in [-0.39, 0.29) is 0 Å². The average Bonchev–Trinajstić information content (AvgIpc) is 3.04. The highest BCUT2D eigenvalue weighted by Gasteiger charge is 2.11. The largest absolute Gasteiger partial charge is 0.353 e. The molecule has 1 fully saturated rings. The van der Waals surface area contributed by atoms with Gasteiger partial charge in [-0.2, -0.15) is 0 Å². The van der Waals surface area contributed by atoms with Crippen LogP contribution in [0.4, 0.5) is 0 Å². The minimum Gasteiger partial charge on any atom is -0.353 e. The molecule has 3 nitrogen and oxygen atoms in total. The molecule has 18 heavy (non-hydrogen) atoms. The van der Waals surface area contributed by atoms with Gasteiger partial charge in [0.05, 0.1) is 0 Å². The van der Waals surface area contributed by atoms with Crippen LogP contribution in [0.25, 0.3) is 0 Å². The van der Waals surface area contributed by atoms with Crippen molar-refractivity contribution >= 4 is 0 Å². The predicted octanol–water partition coefficient (Wildman–Crippen LogP) is 2.64. The van der Waals surface area contributed by atoms with Crippen LogP contribution >= 0.6 is 0 Å². The van der Waals surface area contributed by atoms with Gasteiger partial charge in [0.15, 0.2) is 0 Å². The summed E-state index contributed by atoms with van der Waals surface area (Å²) < 4.78 is 2.33. The Kier molecular flexibility index (Phi) is 5.26. The molecule has 2 rings (SSSR count). The second-order valence-electron chi connectivity index (χ2n) is 5.41. The number of hydrogen-bond acceptors (Lipinski definition) is 2. The van der Waals surface area contributed by atoms with E-state index in [9.17, 15) is 0 Å². The zero-order chi connectivity index (χ0) is 12.8. The molecule has 102 valence electrons. The first-order chi connectivity index (χ1) is 8.79. The van der Waals surface area contributed by atoms with E-state index in [1.54, 1.807) is 0 Å². The van der Waals surface area contributed by atoms with Crippen LogP contribution in [0.3, 0.4) is 0 Å². The van der Waals surface area contributed by atoms with E-state index in [4.69, 9.17) is 0 Å². The van der Waals surface area contributed by atoms with Gasteiger partial charge >= 0.3 is 0 Å². The average molecular weight is 249 g/mol. The normalized spacial score (nSPS) is 18.3. The van der Waals surface area contributed by atoms with Crippen LogP contribution in [0.2, 0.25) is 0 Å². The Morgan fingerprint density at radius 3 is 2.78 bits per heavy atom. The van der Waals surface area contributed by atoms with Gasteiger partial charge in [-0.05, 0) is 57.5 Å². The van der Waals surface area contributed by atoms with Gasteiger partial charge in [-0.1, -0.05) is 6.92 Å². The van der Waals surface area contributed by atoms with E-state index in [1.165, 1.54) is 44.5 Å². The maximum Gasteiger partial charge on any atom is 0.0347 e. The molecular formula is C15H27N3. The van der Waals surface area contributed by atoms with Crippen molar-refractivity contribution in [1.82, 2.24) is 14.8 Å². The number of rotatable bonds is 7. The molecule has 0 bridgehead atoms. The van der Waals surface area contributed by atoms with Crippen molar-refractivity contribution in [2.45, 2.75) is 45.7 Å². The van der Waals surface area contributed by atoms with Crippen molar-refractivity contribution in [3.05, 3.63) is 24.0 Å². The minimum absolute atomic E-state index is 0.470. The highest BCUT2D eigenvalue weighted by atomic mass is 15.2. The lowest BCUT2D eigenvalue weighted by molar-refractivity contribution is 0.322. The highest BCUT2D eigenvalue weighted by Crippen LogP contribution is 2.13. The van der Waals surface area contributed by atoms with Gasteiger partial charge in [0.25, 0.3) is 0 Å². The van der Waals surface area contributed by atoms with Crippen molar-refractivity contribution in [3.8, 4) is 0 Å². The lowest BCUT2D eigenvalue weighted by Gasteiger charge is -2.15. The fourth-order valence-electron chi connectivity index (χ4n) is 2.60. The van der Waals surface area contributed by atoms with E-state index in [0.717, 1.165) is 13.1 Å². The Labute approximate surface area is 111 Å². The number of hydrogen-bond donors (Lipinski definition) is 1. The molecule has 0 amide bonds.